The number of carbonyl (C=O) groups is 2. The first-order valence-corrected chi connectivity index (χ1v) is 12.3. The minimum absolute atomic E-state index is 0.0339. The topological polar surface area (TPSA) is 98.8 Å². The second kappa shape index (κ2) is 10.8. The van der Waals surface area contributed by atoms with Crippen LogP contribution in [0.3, 0.4) is 0 Å². The Bertz CT molecular complexity index is 1010. The number of halogens is 1. The number of aryl methyl sites for hydroxylation is 1. The van der Waals surface area contributed by atoms with Crippen molar-refractivity contribution in [3.63, 3.8) is 0 Å². The lowest BCUT2D eigenvalue weighted by Crippen LogP contribution is -2.64. The maximum atomic E-state index is 13.3. The molecule has 0 spiro atoms. The van der Waals surface area contributed by atoms with E-state index in [1.54, 1.807) is 7.11 Å². The first-order chi connectivity index (χ1) is 16.5. The van der Waals surface area contributed by atoms with E-state index in [-0.39, 0.29) is 12.4 Å². The number of carboxylic acid groups (broad SMARTS) is 1. The van der Waals surface area contributed by atoms with Crippen LogP contribution >= 0.6 is 11.6 Å². The SMILES string of the molecule is COc1cccc(C[C@H]2[C@H]3C[C@H](CN(C(=O)c4n[nH]c(C)c4Cl)C3)[C@@H]3CCCCN32)c1.O=CO. The van der Waals surface area contributed by atoms with E-state index in [4.69, 9.17) is 26.2 Å². The third-order valence-electron chi connectivity index (χ3n) is 7.56. The van der Waals surface area contributed by atoms with Gasteiger partial charge >= 0.3 is 0 Å². The van der Waals surface area contributed by atoms with Gasteiger partial charge in [0.05, 0.1) is 17.8 Å². The van der Waals surface area contributed by atoms with Gasteiger partial charge in [0.2, 0.25) is 0 Å². The van der Waals surface area contributed by atoms with Gasteiger partial charge in [0.25, 0.3) is 12.4 Å². The number of methoxy groups -OCH3 is 1. The van der Waals surface area contributed by atoms with Gasteiger partial charge in [-0.15, -0.1) is 0 Å². The number of fused-ring (bicyclic) bond motifs is 4. The van der Waals surface area contributed by atoms with Crippen molar-refractivity contribution >= 4 is 24.0 Å². The van der Waals surface area contributed by atoms with Crippen LogP contribution in [0.1, 0.15) is 47.4 Å². The average molecular weight is 489 g/mol. The number of piperidine rings is 3. The molecule has 1 aromatic carbocycles. The maximum Gasteiger partial charge on any atom is 0.290 e. The highest BCUT2D eigenvalue weighted by atomic mass is 35.5. The Morgan fingerprint density at radius 1 is 1.32 bits per heavy atom. The molecule has 34 heavy (non-hydrogen) atoms. The molecule has 4 atom stereocenters. The number of ether oxygens (including phenoxy) is 1. The Balaban J connectivity index is 0.000000868. The number of carbonyl (C=O) groups excluding carboxylic acids is 1. The minimum Gasteiger partial charge on any atom is -0.497 e. The van der Waals surface area contributed by atoms with Crippen molar-refractivity contribution in [1.82, 2.24) is 20.0 Å². The zero-order chi connectivity index (χ0) is 24.2. The molecular formula is C25H33ClN4O4. The van der Waals surface area contributed by atoms with Crippen molar-refractivity contribution in [3.05, 3.63) is 46.2 Å². The number of nitrogens with zero attached hydrogens (tertiary/aromatic N) is 3. The predicted octanol–water partition coefficient (Wildman–Crippen LogP) is 3.64. The zero-order valence-corrected chi connectivity index (χ0v) is 20.5. The summed E-state index contributed by atoms with van der Waals surface area (Å²) in [5.74, 6) is 1.87. The fourth-order valence-corrected chi connectivity index (χ4v) is 6.27. The monoisotopic (exact) mass is 488 g/mol. The summed E-state index contributed by atoms with van der Waals surface area (Å²) in [4.78, 5) is 26.5. The largest absolute Gasteiger partial charge is 0.497 e. The van der Waals surface area contributed by atoms with Gasteiger partial charge in [-0.05, 0) is 68.7 Å². The van der Waals surface area contributed by atoms with Gasteiger partial charge in [-0.2, -0.15) is 5.10 Å². The summed E-state index contributed by atoms with van der Waals surface area (Å²) in [7, 11) is 1.72. The molecule has 184 valence electrons. The fraction of sp³-hybridized carbons (Fsp3) is 0.560. The molecule has 5 rings (SSSR count). The van der Waals surface area contributed by atoms with Crippen LogP contribution in [0.4, 0.5) is 0 Å². The Kier molecular flexibility index (Phi) is 7.78. The number of rotatable bonds is 4. The number of nitrogens with one attached hydrogen (secondary N) is 1. The van der Waals surface area contributed by atoms with Crippen LogP contribution in [-0.2, 0) is 11.2 Å². The molecule has 3 aliphatic heterocycles. The number of aromatic nitrogens is 2. The van der Waals surface area contributed by atoms with Crippen molar-refractivity contribution in [2.75, 3.05) is 26.7 Å². The summed E-state index contributed by atoms with van der Waals surface area (Å²) in [5, 5.41) is 14.4. The van der Waals surface area contributed by atoms with E-state index in [1.165, 1.54) is 37.8 Å². The van der Waals surface area contributed by atoms with Crippen molar-refractivity contribution in [2.45, 2.75) is 51.1 Å². The molecule has 8 nitrogen and oxygen atoms in total. The summed E-state index contributed by atoms with van der Waals surface area (Å²) >= 11 is 6.36. The fourth-order valence-electron chi connectivity index (χ4n) is 6.10. The first kappa shape index (κ1) is 24.5. The molecule has 9 heteroatoms. The third kappa shape index (κ3) is 4.93. The highest BCUT2D eigenvalue weighted by Gasteiger charge is 2.48. The molecule has 3 fully saturated rings. The lowest BCUT2D eigenvalue weighted by molar-refractivity contribution is -0.122. The summed E-state index contributed by atoms with van der Waals surface area (Å²) in [6.45, 7) is 4.35. The molecule has 2 bridgehead atoms. The molecule has 0 saturated carbocycles. The van der Waals surface area contributed by atoms with Crippen molar-refractivity contribution in [2.24, 2.45) is 11.8 Å². The smallest absolute Gasteiger partial charge is 0.290 e. The van der Waals surface area contributed by atoms with E-state index < -0.39 is 0 Å². The molecule has 2 aromatic rings. The van der Waals surface area contributed by atoms with Gasteiger partial charge in [0, 0.05) is 25.2 Å². The molecule has 4 heterocycles. The number of amides is 1. The lowest BCUT2D eigenvalue weighted by Gasteiger charge is -2.57. The van der Waals surface area contributed by atoms with Gasteiger partial charge in [-0.1, -0.05) is 30.2 Å². The van der Waals surface area contributed by atoms with Crippen LogP contribution in [0, 0.1) is 18.8 Å². The molecule has 2 N–H and O–H groups in total. The van der Waals surface area contributed by atoms with Gasteiger partial charge in [0.1, 0.15) is 5.75 Å². The molecule has 3 aliphatic rings. The molecule has 3 saturated heterocycles. The minimum atomic E-state index is -0.250. The molecule has 0 unspecified atom stereocenters. The van der Waals surface area contributed by atoms with Crippen molar-refractivity contribution in [1.29, 1.82) is 0 Å². The summed E-state index contributed by atoms with van der Waals surface area (Å²) < 4.78 is 5.45. The van der Waals surface area contributed by atoms with E-state index in [9.17, 15) is 4.79 Å². The Morgan fingerprint density at radius 2 is 2.09 bits per heavy atom. The molecular weight excluding hydrogens is 456 g/mol. The molecule has 0 radical (unpaired) electrons. The second-order valence-electron chi connectivity index (χ2n) is 9.51. The van der Waals surface area contributed by atoms with Gasteiger partial charge in [-0.3, -0.25) is 19.6 Å². The summed E-state index contributed by atoms with van der Waals surface area (Å²) in [5.41, 5.74) is 2.42. The predicted molar refractivity (Wildman–Crippen MR) is 129 cm³/mol. The quantitative estimate of drug-likeness (QED) is 0.637. The normalized spacial score (nSPS) is 26.1. The molecule has 1 aromatic heterocycles. The Morgan fingerprint density at radius 3 is 2.79 bits per heavy atom. The van der Waals surface area contributed by atoms with Crippen molar-refractivity contribution in [3.8, 4) is 5.75 Å². The summed E-state index contributed by atoms with van der Waals surface area (Å²) in [6, 6.07) is 9.44. The average Bonchev–Trinajstić information content (AvgIpc) is 3.19. The number of hydrogen-bond acceptors (Lipinski definition) is 5. The van der Waals surface area contributed by atoms with E-state index >= 15 is 0 Å². The highest BCUT2D eigenvalue weighted by Crippen LogP contribution is 2.42. The van der Waals surface area contributed by atoms with Crippen LogP contribution in [0.25, 0.3) is 0 Å². The van der Waals surface area contributed by atoms with Crippen LogP contribution in [0.5, 0.6) is 5.75 Å². The van der Waals surface area contributed by atoms with E-state index in [0.29, 0.717) is 34.6 Å². The number of likely N-dealkylation sites (tertiary alicyclic amines) is 1. The first-order valence-electron chi connectivity index (χ1n) is 11.9. The van der Waals surface area contributed by atoms with Crippen LogP contribution in [0.2, 0.25) is 5.02 Å². The van der Waals surface area contributed by atoms with Crippen molar-refractivity contribution < 1.29 is 19.4 Å². The number of H-pyrrole nitrogens is 1. The van der Waals surface area contributed by atoms with E-state index in [2.05, 4.69) is 33.3 Å². The van der Waals surface area contributed by atoms with E-state index in [1.807, 2.05) is 17.9 Å². The van der Waals surface area contributed by atoms with E-state index in [0.717, 1.165) is 31.0 Å². The number of benzene rings is 1. The van der Waals surface area contributed by atoms with Gasteiger partial charge in [0.15, 0.2) is 5.69 Å². The lowest BCUT2D eigenvalue weighted by atomic mass is 9.71. The molecule has 0 aliphatic carbocycles. The number of aromatic amines is 1. The van der Waals surface area contributed by atoms with Crippen LogP contribution in [0.15, 0.2) is 24.3 Å². The Hall–Kier alpha value is -2.58. The second-order valence-corrected chi connectivity index (χ2v) is 9.88. The maximum absolute atomic E-state index is 13.3. The summed E-state index contributed by atoms with van der Waals surface area (Å²) in [6.07, 6.45) is 5.99. The standard InChI is InChI=1S/C24H31ClN4O2.CH2O2/c1-15-22(25)23(27-26-15)24(30)28-13-17-12-18(14-28)21(29-9-4-3-8-20(17)29)11-16-6-5-7-19(10-16)31-2;2-1-3/h5-7,10,17-18,20-21H,3-4,8-9,11-14H2,1-2H3,(H,26,27);1H,(H,2,3)/t17-,18+,20+,21+;/m1./s1. The number of hydrogen-bond donors (Lipinski definition) is 2. The van der Waals surface area contributed by atoms with Gasteiger partial charge in [-0.25, -0.2) is 0 Å². The van der Waals surface area contributed by atoms with Crippen LogP contribution in [-0.4, -0.2) is 76.3 Å². The highest BCUT2D eigenvalue weighted by molar-refractivity contribution is 6.34. The Labute approximate surface area is 205 Å². The molecule has 1 amide bonds. The third-order valence-corrected chi connectivity index (χ3v) is 8.03. The van der Waals surface area contributed by atoms with Crippen LogP contribution < -0.4 is 4.74 Å². The van der Waals surface area contributed by atoms with Gasteiger partial charge < -0.3 is 14.7 Å². The zero-order valence-electron chi connectivity index (χ0n) is 19.7.